The normalized spacial score (nSPS) is 17.3. The lowest BCUT2D eigenvalue weighted by molar-refractivity contribution is -0.135. The summed E-state index contributed by atoms with van der Waals surface area (Å²) in [4.78, 5) is 18.4. The fourth-order valence-electron chi connectivity index (χ4n) is 3.91. The van der Waals surface area contributed by atoms with Crippen LogP contribution in [0, 0.1) is 24.4 Å². The summed E-state index contributed by atoms with van der Waals surface area (Å²) in [6, 6.07) is 0.614. The van der Waals surface area contributed by atoms with Crippen LogP contribution in [-0.4, -0.2) is 48.3 Å². The number of alkyl halides is 3. The van der Waals surface area contributed by atoms with Crippen LogP contribution < -0.4 is 10.5 Å². The number of hydrogen-bond donors (Lipinski definition) is 2. The molecule has 1 aliphatic heterocycles. The number of pyridine rings is 1. The van der Waals surface area contributed by atoms with Gasteiger partial charge >= 0.3 is 15.5 Å². The minimum atomic E-state index is -5.65. The van der Waals surface area contributed by atoms with Crippen LogP contribution in [0.15, 0.2) is 24.4 Å². The van der Waals surface area contributed by atoms with Crippen molar-refractivity contribution < 1.29 is 39.6 Å². The molecule has 0 aliphatic carbocycles. The number of nitrogens with one attached hydrogen (secondary N) is 1. The highest BCUT2D eigenvalue weighted by atomic mass is 32.2. The van der Waals surface area contributed by atoms with Crippen LogP contribution in [-0.2, 0) is 34.2 Å². The monoisotopic (exact) mass is 524 g/mol. The molecule has 1 aromatic heterocycles. The van der Waals surface area contributed by atoms with E-state index in [4.69, 9.17) is 5.73 Å². The van der Waals surface area contributed by atoms with E-state index < -0.39 is 63.9 Å². The molecule has 14 heteroatoms. The molecule has 192 valence electrons. The van der Waals surface area contributed by atoms with E-state index in [1.165, 1.54) is 15.8 Å². The van der Waals surface area contributed by atoms with E-state index in [9.17, 15) is 39.6 Å². The zero-order chi connectivity index (χ0) is 26.1. The summed E-state index contributed by atoms with van der Waals surface area (Å²) in [5.41, 5.74) is 2.11. The zero-order valence-corrected chi connectivity index (χ0v) is 19.2. The number of carbonyl (C=O) groups excluding carboxylic acids is 1. The molecule has 0 radical (unpaired) electrons. The maximum absolute atomic E-state index is 13.9. The predicted octanol–water partition coefficient (Wildman–Crippen LogP) is 2.46. The highest BCUT2D eigenvalue weighted by molar-refractivity contribution is 7.90. The maximum atomic E-state index is 13.9. The van der Waals surface area contributed by atoms with E-state index >= 15 is 0 Å². The van der Waals surface area contributed by atoms with Crippen molar-refractivity contribution in [2.24, 2.45) is 5.73 Å². The first kappa shape index (κ1) is 26.9. The molecule has 0 saturated carbocycles. The van der Waals surface area contributed by atoms with Crippen LogP contribution in [0.5, 0.6) is 0 Å². The van der Waals surface area contributed by atoms with Crippen molar-refractivity contribution in [2.45, 2.75) is 50.3 Å². The molecule has 2 aromatic rings. The number of nitrogens with zero attached hydrogens (tertiary/aromatic N) is 2. The average molecular weight is 524 g/mol. The molecule has 35 heavy (non-hydrogen) atoms. The van der Waals surface area contributed by atoms with Crippen molar-refractivity contribution in [2.75, 3.05) is 6.54 Å². The molecular weight excluding hydrogens is 502 g/mol. The fourth-order valence-corrected chi connectivity index (χ4v) is 4.49. The van der Waals surface area contributed by atoms with Gasteiger partial charge in [-0.2, -0.15) is 13.2 Å². The third-order valence-electron chi connectivity index (χ3n) is 5.73. The Morgan fingerprint density at radius 2 is 1.89 bits per heavy atom. The molecule has 2 heterocycles. The smallest absolute Gasteiger partial charge is 0.334 e. The van der Waals surface area contributed by atoms with E-state index in [0.29, 0.717) is 29.0 Å². The highest BCUT2D eigenvalue weighted by Crippen LogP contribution is 2.27. The van der Waals surface area contributed by atoms with Gasteiger partial charge in [-0.25, -0.2) is 26.3 Å². The largest absolute Gasteiger partial charge is 0.511 e. The second kappa shape index (κ2) is 10.1. The molecule has 0 unspecified atom stereocenters. The number of fused-ring (bicyclic) bond motifs is 1. The molecule has 7 nitrogen and oxygen atoms in total. The number of benzene rings is 1. The minimum absolute atomic E-state index is 0.0359. The Bertz CT molecular complexity index is 1220. The van der Waals surface area contributed by atoms with Gasteiger partial charge in [-0.15, -0.1) is 0 Å². The van der Waals surface area contributed by atoms with Gasteiger partial charge < -0.3 is 10.6 Å². The van der Waals surface area contributed by atoms with Crippen LogP contribution >= 0.6 is 0 Å². The van der Waals surface area contributed by atoms with Crippen molar-refractivity contribution in [3.05, 3.63) is 64.2 Å². The first-order chi connectivity index (χ1) is 16.2. The van der Waals surface area contributed by atoms with E-state index in [-0.39, 0.29) is 24.9 Å². The summed E-state index contributed by atoms with van der Waals surface area (Å²) in [5.74, 6) is -4.33. The van der Waals surface area contributed by atoms with Gasteiger partial charge in [-0.05, 0) is 48.6 Å². The Morgan fingerprint density at radius 1 is 1.23 bits per heavy atom. The van der Waals surface area contributed by atoms with Gasteiger partial charge in [0.05, 0.1) is 0 Å². The van der Waals surface area contributed by atoms with Crippen LogP contribution in [0.25, 0.3) is 0 Å². The summed E-state index contributed by atoms with van der Waals surface area (Å²) in [6.45, 7) is 0.927. The Kier molecular flexibility index (Phi) is 7.77. The average Bonchev–Trinajstić information content (AvgIpc) is 2.75. The van der Waals surface area contributed by atoms with Gasteiger partial charge in [-0.3, -0.25) is 9.78 Å². The standard InChI is InChI=1S/C21H22F6N4O3S/c1-11-16-7-15(9-30-35(33,34)21(25,26)27)31(10-12(16)2-3-29-11)20(32)6-14(28)4-13-5-18(23)19(24)8-17(13)22/h2-3,5,8,14-15,30H,4,6-7,9-10,28H2,1H3/t14-,15+/m1/s1. The second-order valence-electron chi connectivity index (χ2n) is 8.24. The van der Waals surface area contributed by atoms with Crippen molar-refractivity contribution in [1.29, 1.82) is 0 Å². The molecule has 3 N–H and O–H groups in total. The van der Waals surface area contributed by atoms with E-state index in [1.807, 2.05) is 0 Å². The van der Waals surface area contributed by atoms with Crippen LogP contribution in [0.2, 0.25) is 0 Å². The lowest BCUT2D eigenvalue weighted by atomic mass is 9.92. The molecule has 2 atom stereocenters. The van der Waals surface area contributed by atoms with Gasteiger partial charge in [-0.1, -0.05) is 0 Å². The van der Waals surface area contributed by atoms with Gasteiger partial charge in [0, 0.05) is 49.6 Å². The lowest BCUT2D eigenvalue weighted by Gasteiger charge is -2.38. The molecule has 0 bridgehead atoms. The molecule has 0 fully saturated rings. The predicted molar refractivity (Wildman–Crippen MR) is 113 cm³/mol. The first-order valence-electron chi connectivity index (χ1n) is 10.4. The second-order valence-corrected chi connectivity index (χ2v) is 10.00. The summed E-state index contributed by atoms with van der Waals surface area (Å²) < 4.78 is 103. The third kappa shape index (κ3) is 6.11. The van der Waals surface area contributed by atoms with Gasteiger partial charge in [0.25, 0.3) is 0 Å². The van der Waals surface area contributed by atoms with Crippen molar-refractivity contribution in [1.82, 2.24) is 14.6 Å². The number of halogens is 6. The third-order valence-corrected chi connectivity index (χ3v) is 6.89. The number of rotatable bonds is 7. The fraction of sp³-hybridized carbons (Fsp3) is 0.429. The van der Waals surface area contributed by atoms with Crippen molar-refractivity contribution in [3.63, 3.8) is 0 Å². The minimum Gasteiger partial charge on any atom is -0.334 e. The van der Waals surface area contributed by atoms with Crippen LogP contribution in [0.4, 0.5) is 26.3 Å². The van der Waals surface area contributed by atoms with Gasteiger partial charge in [0.1, 0.15) is 5.82 Å². The molecule has 0 spiro atoms. The number of nitrogens with two attached hydrogens (primary N) is 1. The number of sulfonamides is 1. The van der Waals surface area contributed by atoms with E-state index in [2.05, 4.69) is 4.98 Å². The SMILES string of the molecule is Cc1nccc2c1C[C@@H](CNS(=O)(=O)C(F)(F)F)N(C(=O)C[C@H](N)Cc1cc(F)c(F)cc1F)C2. The summed E-state index contributed by atoms with van der Waals surface area (Å²) in [5, 5.41) is 0. The maximum Gasteiger partial charge on any atom is 0.511 e. The quantitative estimate of drug-likeness (QED) is 0.428. The van der Waals surface area contributed by atoms with E-state index in [0.717, 1.165) is 0 Å². The topological polar surface area (TPSA) is 105 Å². The number of aryl methyl sites for hydroxylation is 1. The highest BCUT2D eigenvalue weighted by Gasteiger charge is 2.46. The van der Waals surface area contributed by atoms with E-state index in [1.54, 1.807) is 13.0 Å². The molecule has 3 rings (SSSR count). The summed E-state index contributed by atoms with van der Waals surface area (Å²) >= 11 is 0. The Balaban J connectivity index is 1.79. The summed E-state index contributed by atoms with van der Waals surface area (Å²) in [7, 11) is -5.65. The van der Waals surface area contributed by atoms with Gasteiger partial charge in [0.2, 0.25) is 5.91 Å². The summed E-state index contributed by atoms with van der Waals surface area (Å²) in [6.07, 6.45) is 0.823. The molecule has 0 saturated heterocycles. The van der Waals surface area contributed by atoms with Crippen LogP contribution in [0.3, 0.4) is 0 Å². The van der Waals surface area contributed by atoms with Crippen molar-refractivity contribution in [3.8, 4) is 0 Å². The van der Waals surface area contributed by atoms with Crippen molar-refractivity contribution >= 4 is 15.9 Å². The first-order valence-corrected chi connectivity index (χ1v) is 11.9. The molecule has 1 aromatic carbocycles. The molecular formula is C21H22F6N4O3S. The number of aromatic nitrogens is 1. The molecule has 1 amide bonds. The Hall–Kier alpha value is -2.71. The lowest BCUT2D eigenvalue weighted by Crippen LogP contribution is -2.52. The zero-order valence-electron chi connectivity index (χ0n) is 18.4. The Labute approximate surface area is 197 Å². The Morgan fingerprint density at radius 3 is 2.54 bits per heavy atom. The van der Waals surface area contributed by atoms with Crippen LogP contribution in [0.1, 0.15) is 28.8 Å². The number of hydrogen-bond acceptors (Lipinski definition) is 5. The van der Waals surface area contributed by atoms with Gasteiger partial charge in [0.15, 0.2) is 11.6 Å². The molecule has 1 aliphatic rings. The number of carbonyl (C=O) groups is 1. The number of amides is 1.